The predicted molar refractivity (Wildman–Crippen MR) is 112 cm³/mol. The Morgan fingerprint density at radius 2 is 1.64 bits per heavy atom. The highest BCUT2D eigenvalue weighted by Gasteiger charge is 2.46. The van der Waals surface area contributed by atoms with Crippen molar-refractivity contribution in [3.8, 4) is 0 Å². The molecule has 0 aromatic rings. The first kappa shape index (κ1) is 22.2. The van der Waals surface area contributed by atoms with Crippen LogP contribution in [-0.4, -0.2) is 22.2 Å². The molecule has 28 heavy (non-hydrogen) atoms. The van der Waals surface area contributed by atoms with Crippen LogP contribution in [0.15, 0.2) is 48.6 Å². The molecule has 6 atom stereocenters. The molecule has 0 spiro atoms. The fraction of sp³-hybridized carbons (Fsp3) is 0.583. The SMILES string of the molecule is C=C(C)C(=O)O.C=C(CC12C=CC(CC1C)C2)C(=O)O.CC1CC2C=CC1C2. The van der Waals surface area contributed by atoms with Crippen LogP contribution >= 0.6 is 0 Å². The Balaban J connectivity index is 0.000000169. The summed E-state index contributed by atoms with van der Waals surface area (Å²) >= 11 is 0. The van der Waals surface area contributed by atoms with Gasteiger partial charge in [-0.1, -0.05) is 51.3 Å². The Morgan fingerprint density at radius 3 is 1.93 bits per heavy atom. The molecule has 4 nitrogen and oxygen atoms in total. The molecule has 2 N–H and O–H groups in total. The standard InChI is InChI=1S/C12H16O2.C8H12.C4H6O2/c1-8(11(13)14)6-12-4-3-10(7-12)5-9(12)2;1-6-4-7-2-3-8(6)5-7;1-3(2)4(5)6/h3-4,9-10H,1,5-7H2,2H3,(H,13,14);2-3,6-8H,4-5H2,1H3;1H2,2H3,(H,5,6). The van der Waals surface area contributed by atoms with Gasteiger partial charge in [-0.3, -0.25) is 0 Å². The lowest BCUT2D eigenvalue weighted by Gasteiger charge is -2.29. The number of allylic oxidation sites excluding steroid dienone is 4. The van der Waals surface area contributed by atoms with E-state index in [0.717, 1.165) is 24.2 Å². The predicted octanol–water partition coefficient (Wildman–Crippen LogP) is 5.49. The van der Waals surface area contributed by atoms with E-state index < -0.39 is 11.9 Å². The number of hydrogen-bond acceptors (Lipinski definition) is 2. The molecule has 0 saturated heterocycles. The molecule has 4 bridgehead atoms. The van der Waals surface area contributed by atoms with Crippen LogP contribution < -0.4 is 0 Å². The summed E-state index contributed by atoms with van der Waals surface area (Å²) in [4.78, 5) is 20.3. The maximum absolute atomic E-state index is 10.7. The summed E-state index contributed by atoms with van der Waals surface area (Å²) in [6, 6.07) is 0. The zero-order chi connectivity index (χ0) is 21.1. The van der Waals surface area contributed by atoms with Crippen molar-refractivity contribution < 1.29 is 19.8 Å². The maximum Gasteiger partial charge on any atom is 0.330 e. The van der Waals surface area contributed by atoms with Gasteiger partial charge in [0.1, 0.15) is 0 Å². The van der Waals surface area contributed by atoms with E-state index in [4.69, 9.17) is 10.2 Å². The number of hydrogen-bond donors (Lipinski definition) is 2. The molecule has 4 rings (SSSR count). The smallest absolute Gasteiger partial charge is 0.330 e. The Bertz CT molecular complexity index is 689. The molecular weight excluding hydrogens is 352 g/mol. The molecule has 0 heterocycles. The molecule has 4 heteroatoms. The van der Waals surface area contributed by atoms with E-state index in [1.165, 1.54) is 26.2 Å². The minimum absolute atomic E-state index is 0.111. The van der Waals surface area contributed by atoms with E-state index in [2.05, 4.69) is 51.3 Å². The van der Waals surface area contributed by atoms with Crippen LogP contribution in [0.1, 0.15) is 52.9 Å². The van der Waals surface area contributed by atoms with Gasteiger partial charge in [-0.05, 0) is 74.0 Å². The van der Waals surface area contributed by atoms with Crippen LogP contribution in [0.3, 0.4) is 0 Å². The lowest BCUT2D eigenvalue weighted by molar-refractivity contribution is -0.133. The van der Waals surface area contributed by atoms with Gasteiger partial charge in [0.2, 0.25) is 0 Å². The van der Waals surface area contributed by atoms with Crippen molar-refractivity contribution in [2.45, 2.75) is 52.9 Å². The normalized spacial score (nSPS) is 35.6. The van der Waals surface area contributed by atoms with Crippen molar-refractivity contribution in [3.63, 3.8) is 0 Å². The van der Waals surface area contributed by atoms with E-state index >= 15 is 0 Å². The van der Waals surface area contributed by atoms with Crippen molar-refractivity contribution in [2.75, 3.05) is 0 Å². The Morgan fingerprint density at radius 1 is 1.00 bits per heavy atom. The van der Waals surface area contributed by atoms with Gasteiger partial charge in [0.05, 0.1) is 0 Å². The number of carbonyl (C=O) groups is 2. The highest BCUT2D eigenvalue weighted by Crippen LogP contribution is 2.55. The summed E-state index contributed by atoms with van der Waals surface area (Å²) < 4.78 is 0. The Hall–Kier alpha value is -2.10. The van der Waals surface area contributed by atoms with E-state index in [0.29, 0.717) is 23.8 Å². The van der Waals surface area contributed by atoms with Gasteiger partial charge in [-0.25, -0.2) is 9.59 Å². The molecule has 0 radical (unpaired) electrons. The van der Waals surface area contributed by atoms with E-state index in [1.807, 2.05) is 0 Å². The Kier molecular flexibility index (Phi) is 7.08. The minimum atomic E-state index is -0.935. The first-order valence-electron chi connectivity index (χ1n) is 10.2. The average Bonchev–Trinajstić information content (AvgIpc) is 3.36. The van der Waals surface area contributed by atoms with Crippen molar-refractivity contribution in [2.24, 2.45) is 35.0 Å². The summed E-state index contributed by atoms with van der Waals surface area (Å²) in [5.41, 5.74) is 0.638. The van der Waals surface area contributed by atoms with Crippen LogP contribution in [0.25, 0.3) is 0 Å². The molecule has 0 aliphatic heterocycles. The third-order valence-corrected chi connectivity index (χ3v) is 6.80. The van der Waals surface area contributed by atoms with E-state index in [9.17, 15) is 9.59 Å². The third kappa shape index (κ3) is 5.24. The molecule has 0 aromatic heterocycles. The minimum Gasteiger partial charge on any atom is -0.478 e. The lowest BCUT2D eigenvalue weighted by Crippen LogP contribution is -2.22. The quantitative estimate of drug-likeness (QED) is 0.495. The zero-order valence-corrected chi connectivity index (χ0v) is 17.4. The van der Waals surface area contributed by atoms with Crippen LogP contribution in [0.5, 0.6) is 0 Å². The van der Waals surface area contributed by atoms with Crippen molar-refractivity contribution in [1.82, 2.24) is 0 Å². The van der Waals surface area contributed by atoms with Crippen molar-refractivity contribution in [3.05, 3.63) is 48.6 Å². The van der Waals surface area contributed by atoms with Crippen LogP contribution in [-0.2, 0) is 9.59 Å². The van der Waals surface area contributed by atoms with E-state index in [-0.39, 0.29) is 11.0 Å². The monoisotopic (exact) mass is 386 g/mol. The molecule has 2 saturated carbocycles. The van der Waals surface area contributed by atoms with Crippen molar-refractivity contribution >= 4 is 11.9 Å². The van der Waals surface area contributed by atoms with E-state index in [1.54, 1.807) is 0 Å². The molecule has 4 aliphatic rings. The first-order chi connectivity index (χ1) is 13.0. The van der Waals surface area contributed by atoms with Gasteiger partial charge in [0, 0.05) is 11.1 Å². The third-order valence-electron chi connectivity index (χ3n) is 6.80. The maximum atomic E-state index is 10.7. The summed E-state index contributed by atoms with van der Waals surface area (Å²) in [5, 5.41) is 16.7. The summed E-state index contributed by atoms with van der Waals surface area (Å²) in [5.74, 6) is 2.42. The van der Waals surface area contributed by atoms with Crippen LogP contribution in [0, 0.1) is 35.0 Å². The van der Waals surface area contributed by atoms with Gasteiger partial charge >= 0.3 is 11.9 Å². The topological polar surface area (TPSA) is 74.6 Å². The highest BCUT2D eigenvalue weighted by atomic mass is 16.4. The highest BCUT2D eigenvalue weighted by molar-refractivity contribution is 5.86. The van der Waals surface area contributed by atoms with Gasteiger partial charge in [-0.15, -0.1) is 0 Å². The summed E-state index contributed by atoms with van der Waals surface area (Å²) in [7, 11) is 0. The Labute approximate surface area is 168 Å². The first-order valence-corrected chi connectivity index (χ1v) is 10.2. The van der Waals surface area contributed by atoms with Crippen molar-refractivity contribution in [1.29, 1.82) is 0 Å². The van der Waals surface area contributed by atoms with Crippen LogP contribution in [0.2, 0.25) is 0 Å². The number of rotatable bonds is 4. The average molecular weight is 387 g/mol. The second-order valence-corrected chi connectivity index (χ2v) is 9.12. The lowest BCUT2D eigenvalue weighted by atomic mass is 9.74. The number of fused-ring (bicyclic) bond motifs is 4. The molecule has 0 aromatic carbocycles. The molecule has 4 aliphatic carbocycles. The second-order valence-electron chi connectivity index (χ2n) is 9.12. The van der Waals surface area contributed by atoms with Crippen LogP contribution in [0.4, 0.5) is 0 Å². The zero-order valence-electron chi connectivity index (χ0n) is 17.4. The summed E-state index contributed by atoms with van der Waals surface area (Å²) in [6.45, 7) is 12.8. The molecule has 0 amide bonds. The summed E-state index contributed by atoms with van der Waals surface area (Å²) in [6.07, 6.45) is 15.1. The number of carboxylic acids is 2. The van der Waals surface area contributed by atoms with Gasteiger partial charge in [0.15, 0.2) is 0 Å². The fourth-order valence-electron chi connectivity index (χ4n) is 5.00. The fourth-order valence-corrected chi connectivity index (χ4v) is 5.00. The molecule has 154 valence electrons. The molecule has 6 unspecified atom stereocenters. The van der Waals surface area contributed by atoms with Gasteiger partial charge < -0.3 is 10.2 Å². The van der Waals surface area contributed by atoms with Gasteiger partial charge in [0.25, 0.3) is 0 Å². The molecule has 2 fully saturated rings. The van der Waals surface area contributed by atoms with Gasteiger partial charge in [-0.2, -0.15) is 0 Å². The number of aliphatic carboxylic acids is 2. The molecular formula is C24H34O4. The number of carboxylic acid groups (broad SMARTS) is 2. The second kappa shape index (κ2) is 8.93. The largest absolute Gasteiger partial charge is 0.478 e.